The number of carbonyl (C=O) groups excluding carboxylic acids is 2. The second-order valence-corrected chi connectivity index (χ2v) is 6.95. The van der Waals surface area contributed by atoms with Crippen molar-refractivity contribution in [3.8, 4) is 0 Å². The van der Waals surface area contributed by atoms with Gasteiger partial charge >= 0.3 is 0 Å². The number of hydrogen-bond donors (Lipinski definition) is 1. The first-order valence-electron chi connectivity index (χ1n) is 9.23. The largest absolute Gasteiger partial charge is 0.381 e. The molecule has 6 nitrogen and oxygen atoms in total. The molecule has 0 aromatic heterocycles. The maximum absolute atomic E-state index is 13.0. The first-order valence-corrected chi connectivity index (χ1v) is 9.23. The van der Waals surface area contributed by atoms with E-state index in [1.807, 2.05) is 0 Å². The van der Waals surface area contributed by atoms with Crippen molar-refractivity contribution in [2.24, 2.45) is 11.7 Å². The van der Waals surface area contributed by atoms with Crippen LogP contribution in [-0.2, 0) is 9.53 Å². The van der Waals surface area contributed by atoms with Crippen LogP contribution in [0.1, 0.15) is 29.6 Å². The zero-order valence-electron chi connectivity index (χ0n) is 14.9. The topological polar surface area (TPSA) is 75.9 Å². The summed E-state index contributed by atoms with van der Waals surface area (Å²) in [5, 5.41) is 0. The predicted octanol–water partition coefficient (Wildman–Crippen LogP) is 1.25. The third-order valence-electron chi connectivity index (χ3n) is 5.24. The number of hydrogen-bond acceptors (Lipinski definition) is 4. The maximum atomic E-state index is 13.0. The van der Waals surface area contributed by atoms with Crippen LogP contribution in [0, 0.1) is 11.7 Å². The van der Waals surface area contributed by atoms with Crippen molar-refractivity contribution < 1.29 is 18.7 Å². The van der Waals surface area contributed by atoms with Gasteiger partial charge in [0.1, 0.15) is 5.82 Å². The fourth-order valence-corrected chi connectivity index (χ4v) is 3.60. The van der Waals surface area contributed by atoms with E-state index >= 15 is 0 Å². The SMILES string of the molecule is NC(C(=O)N1CCCN(C(=O)c2ccc(F)cc2)CC1)C1CCOCC1. The van der Waals surface area contributed by atoms with E-state index in [9.17, 15) is 14.0 Å². The van der Waals surface area contributed by atoms with Gasteiger partial charge in [-0.25, -0.2) is 4.39 Å². The molecule has 0 saturated carbocycles. The Bertz CT molecular complexity index is 631. The number of benzene rings is 1. The van der Waals surface area contributed by atoms with Crippen molar-refractivity contribution in [1.29, 1.82) is 0 Å². The highest BCUT2D eigenvalue weighted by Crippen LogP contribution is 2.20. The van der Waals surface area contributed by atoms with Gasteiger partial charge in [0.15, 0.2) is 0 Å². The molecule has 1 atom stereocenters. The minimum absolute atomic E-state index is 0.0343. The lowest BCUT2D eigenvalue weighted by atomic mass is 9.91. The fourth-order valence-electron chi connectivity index (χ4n) is 3.60. The van der Waals surface area contributed by atoms with Gasteiger partial charge in [0, 0.05) is 45.0 Å². The quantitative estimate of drug-likeness (QED) is 0.877. The van der Waals surface area contributed by atoms with Crippen LogP contribution in [0.15, 0.2) is 24.3 Å². The van der Waals surface area contributed by atoms with Crippen LogP contribution in [0.3, 0.4) is 0 Å². The number of carbonyl (C=O) groups is 2. The molecule has 1 aromatic carbocycles. The smallest absolute Gasteiger partial charge is 0.253 e. The summed E-state index contributed by atoms with van der Waals surface area (Å²) in [6, 6.07) is 5.05. The molecule has 0 spiro atoms. The molecule has 0 bridgehead atoms. The monoisotopic (exact) mass is 363 g/mol. The number of amides is 2. The first-order chi connectivity index (χ1) is 12.6. The highest BCUT2D eigenvalue weighted by molar-refractivity contribution is 5.94. The number of ether oxygens (including phenoxy) is 1. The Morgan fingerprint density at radius 3 is 2.35 bits per heavy atom. The molecule has 2 aliphatic rings. The van der Waals surface area contributed by atoms with E-state index in [2.05, 4.69) is 0 Å². The first kappa shape index (κ1) is 18.8. The summed E-state index contributed by atoms with van der Waals surface area (Å²) < 4.78 is 18.4. The minimum Gasteiger partial charge on any atom is -0.381 e. The van der Waals surface area contributed by atoms with Crippen LogP contribution < -0.4 is 5.73 Å². The van der Waals surface area contributed by atoms with E-state index in [4.69, 9.17) is 10.5 Å². The van der Waals surface area contributed by atoms with E-state index in [1.54, 1.807) is 9.80 Å². The average Bonchev–Trinajstić information content (AvgIpc) is 2.94. The van der Waals surface area contributed by atoms with E-state index in [-0.39, 0.29) is 23.5 Å². The highest BCUT2D eigenvalue weighted by Gasteiger charge is 2.31. The highest BCUT2D eigenvalue weighted by atomic mass is 19.1. The molecule has 2 N–H and O–H groups in total. The van der Waals surface area contributed by atoms with Crippen LogP contribution >= 0.6 is 0 Å². The Morgan fingerprint density at radius 1 is 1.04 bits per heavy atom. The number of nitrogens with two attached hydrogens (primary N) is 1. The van der Waals surface area contributed by atoms with E-state index in [1.165, 1.54) is 24.3 Å². The predicted molar refractivity (Wildman–Crippen MR) is 95.0 cm³/mol. The van der Waals surface area contributed by atoms with Crippen LogP contribution in [0.5, 0.6) is 0 Å². The molecule has 7 heteroatoms. The van der Waals surface area contributed by atoms with Gasteiger partial charge in [-0.1, -0.05) is 0 Å². The maximum Gasteiger partial charge on any atom is 0.253 e. The normalized spacial score (nSPS) is 20.5. The van der Waals surface area contributed by atoms with Gasteiger partial charge in [-0.3, -0.25) is 9.59 Å². The summed E-state index contributed by atoms with van der Waals surface area (Å²) >= 11 is 0. The molecule has 2 fully saturated rings. The Balaban J connectivity index is 1.58. The molecule has 2 aliphatic heterocycles. The summed E-state index contributed by atoms with van der Waals surface area (Å²) in [5.74, 6) is -0.367. The lowest BCUT2D eigenvalue weighted by molar-refractivity contribution is -0.134. The van der Waals surface area contributed by atoms with Crippen LogP contribution in [0.25, 0.3) is 0 Å². The molecule has 0 aliphatic carbocycles. The average molecular weight is 363 g/mol. The molecule has 2 amide bonds. The third kappa shape index (κ3) is 4.40. The van der Waals surface area contributed by atoms with Crippen molar-refractivity contribution >= 4 is 11.8 Å². The van der Waals surface area contributed by atoms with Gasteiger partial charge in [-0.05, 0) is 49.4 Å². The Morgan fingerprint density at radius 2 is 1.65 bits per heavy atom. The lowest BCUT2D eigenvalue weighted by Crippen LogP contribution is -2.50. The second kappa shape index (κ2) is 8.60. The molecular weight excluding hydrogens is 337 g/mol. The number of rotatable bonds is 3. The zero-order valence-corrected chi connectivity index (χ0v) is 14.9. The Labute approximate surface area is 153 Å². The zero-order chi connectivity index (χ0) is 18.5. The summed E-state index contributed by atoms with van der Waals surface area (Å²) in [4.78, 5) is 28.8. The van der Waals surface area contributed by atoms with Gasteiger partial charge < -0.3 is 20.3 Å². The molecule has 1 aromatic rings. The summed E-state index contributed by atoms with van der Waals surface area (Å²) in [6.45, 7) is 3.43. The van der Waals surface area contributed by atoms with Crippen LogP contribution in [0.2, 0.25) is 0 Å². The molecule has 2 saturated heterocycles. The van der Waals surface area contributed by atoms with Gasteiger partial charge in [0.05, 0.1) is 6.04 Å². The van der Waals surface area contributed by atoms with E-state index in [0.717, 1.165) is 12.8 Å². The van der Waals surface area contributed by atoms with Crippen LogP contribution in [-0.4, -0.2) is 67.0 Å². The molecular formula is C19H26FN3O3. The fraction of sp³-hybridized carbons (Fsp3) is 0.579. The molecule has 1 unspecified atom stereocenters. The molecule has 2 heterocycles. The van der Waals surface area contributed by atoms with E-state index in [0.29, 0.717) is 51.4 Å². The standard InChI is InChI=1S/C19H26FN3O3/c20-16-4-2-15(3-5-16)18(24)22-8-1-9-23(11-10-22)19(25)17(21)14-6-12-26-13-7-14/h2-5,14,17H,1,6-13,21H2. The lowest BCUT2D eigenvalue weighted by Gasteiger charge is -2.31. The molecule has 3 rings (SSSR count). The third-order valence-corrected chi connectivity index (χ3v) is 5.24. The van der Waals surface area contributed by atoms with Crippen molar-refractivity contribution in [3.05, 3.63) is 35.6 Å². The molecule has 0 radical (unpaired) electrons. The number of halogens is 1. The minimum atomic E-state index is -0.502. The number of nitrogens with zero attached hydrogens (tertiary/aromatic N) is 2. The van der Waals surface area contributed by atoms with Crippen molar-refractivity contribution in [2.75, 3.05) is 39.4 Å². The van der Waals surface area contributed by atoms with Gasteiger partial charge in [-0.2, -0.15) is 0 Å². The summed E-state index contributed by atoms with van der Waals surface area (Å²) in [7, 11) is 0. The van der Waals surface area contributed by atoms with Gasteiger partial charge in [0.25, 0.3) is 5.91 Å². The van der Waals surface area contributed by atoms with Gasteiger partial charge in [0.2, 0.25) is 5.91 Å². The van der Waals surface area contributed by atoms with E-state index < -0.39 is 6.04 Å². The Hall–Kier alpha value is -1.99. The Kier molecular flexibility index (Phi) is 6.21. The molecule has 26 heavy (non-hydrogen) atoms. The summed E-state index contributed by atoms with van der Waals surface area (Å²) in [6.07, 6.45) is 2.34. The second-order valence-electron chi connectivity index (χ2n) is 6.95. The van der Waals surface area contributed by atoms with Crippen molar-refractivity contribution in [1.82, 2.24) is 9.80 Å². The van der Waals surface area contributed by atoms with Crippen LogP contribution in [0.4, 0.5) is 4.39 Å². The summed E-state index contributed by atoms with van der Waals surface area (Å²) in [5.41, 5.74) is 6.67. The van der Waals surface area contributed by atoms with Gasteiger partial charge in [-0.15, -0.1) is 0 Å². The molecule has 142 valence electrons. The van der Waals surface area contributed by atoms with Crippen molar-refractivity contribution in [2.45, 2.75) is 25.3 Å². The van der Waals surface area contributed by atoms with Crippen molar-refractivity contribution in [3.63, 3.8) is 0 Å².